The van der Waals surface area contributed by atoms with Crippen molar-refractivity contribution in [3.8, 4) is 17.2 Å². The highest BCUT2D eigenvalue weighted by Gasteiger charge is 2.12. The summed E-state index contributed by atoms with van der Waals surface area (Å²) in [6.07, 6.45) is 3.36. The van der Waals surface area contributed by atoms with Crippen LogP contribution in [0.3, 0.4) is 0 Å². The fourth-order valence-corrected chi connectivity index (χ4v) is 1.40. The van der Waals surface area contributed by atoms with Gasteiger partial charge in [-0.15, -0.1) is 0 Å². The summed E-state index contributed by atoms with van der Waals surface area (Å²) in [4.78, 5) is 0. The molecular weight excluding hydrogens is 216 g/mol. The third kappa shape index (κ3) is 3.55. The standard InChI is InChI=1S/C14H18O3/c1-5-7-16-13-10-11(3)9-12(15-4)14(13)17-8-6-2/h5-6,9-10H,1-2,7-8H2,3-4H3. The van der Waals surface area contributed by atoms with Gasteiger partial charge in [-0.3, -0.25) is 0 Å². The van der Waals surface area contributed by atoms with Crippen LogP contribution < -0.4 is 14.2 Å². The van der Waals surface area contributed by atoms with Gasteiger partial charge in [0.2, 0.25) is 5.75 Å². The van der Waals surface area contributed by atoms with Gasteiger partial charge < -0.3 is 14.2 Å². The Morgan fingerprint density at radius 3 is 2.24 bits per heavy atom. The fraction of sp³-hybridized carbons (Fsp3) is 0.286. The second-order valence-electron chi connectivity index (χ2n) is 3.49. The number of methoxy groups -OCH3 is 1. The minimum atomic E-state index is 0.407. The van der Waals surface area contributed by atoms with Gasteiger partial charge in [0.15, 0.2) is 11.5 Å². The van der Waals surface area contributed by atoms with Crippen LogP contribution in [0.5, 0.6) is 17.2 Å². The highest BCUT2D eigenvalue weighted by molar-refractivity contribution is 5.53. The van der Waals surface area contributed by atoms with Gasteiger partial charge in [0, 0.05) is 0 Å². The second kappa shape index (κ2) is 6.63. The van der Waals surface area contributed by atoms with E-state index in [4.69, 9.17) is 14.2 Å². The lowest BCUT2D eigenvalue weighted by Crippen LogP contribution is -2.02. The molecule has 0 atom stereocenters. The molecule has 0 radical (unpaired) electrons. The predicted octanol–water partition coefficient (Wildman–Crippen LogP) is 3.13. The van der Waals surface area contributed by atoms with Gasteiger partial charge in [-0.1, -0.05) is 25.3 Å². The molecule has 1 rings (SSSR count). The number of ether oxygens (including phenoxy) is 3. The molecule has 0 unspecified atom stereocenters. The second-order valence-corrected chi connectivity index (χ2v) is 3.49. The quantitative estimate of drug-likeness (QED) is 0.678. The van der Waals surface area contributed by atoms with E-state index in [9.17, 15) is 0 Å². The summed E-state index contributed by atoms with van der Waals surface area (Å²) in [5.74, 6) is 1.91. The third-order valence-corrected chi connectivity index (χ3v) is 2.09. The molecular formula is C14H18O3. The average Bonchev–Trinajstić information content (AvgIpc) is 2.34. The molecule has 1 aromatic carbocycles. The number of aryl methyl sites for hydroxylation is 1. The third-order valence-electron chi connectivity index (χ3n) is 2.09. The van der Waals surface area contributed by atoms with Crippen LogP contribution in [-0.4, -0.2) is 20.3 Å². The molecule has 0 aliphatic carbocycles. The van der Waals surface area contributed by atoms with Crippen molar-refractivity contribution >= 4 is 0 Å². The van der Waals surface area contributed by atoms with Gasteiger partial charge in [-0.25, -0.2) is 0 Å². The summed E-state index contributed by atoms with van der Waals surface area (Å²) in [5, 5.41) is 0. The molecule has 0 aliphatic heterocycles. The molecule has 92 valence electrons. The average molecular weight is 234 g/mol. The van der Waals surface area contributed by atoms with Gasteiger partial charge in [-0.05, 0) is 24.6 Å². The lowest BCUT2D eigenvalue weighted by atomic mass is 10.2. The molecule has 17 heavy (non-hydrogen) atoms. The number of hydrogen-bond acceptors (Lipinski definition) is 3. The van der Waals surface area contributed by atoms with Crippen molar-refractivity contribution in [2.75, 3.05) is 20.3 Å². The first kappa shape index (κ1) is 13.2. The zero-order valence-corrected chi connectivity index (χ0v) is 10.4. The zero-order chi connectivity index (χ0) is 12.7. The van der Waals surface area contributed by atoms with Crippen LogP contribution in [0.4, 0.5) is 0 Å². The highest BCUT2D eigenvalue weighted by Crippen LogP contribution is 2.38. The van der Waals surface area contributed by atoms with E-state index >= 15 is 0 Å². The minimum absolute atomic E-state index is 0.407. The number of hydrogen-bond donors (Lipinski definition) is 0. The molecule has 1 aromatic rings. The molecule has 0 aromatic heterocycles. The minimum Gasteiger partial charge on any atom is -0.493 e. The Bertz CT molecular complexity index is 397. The van der Waals surface area contributed by atoms with Crippen LogP contribution in [0, 0.1) is 6.92 Å². The van der Waals surface area contributed by atoms with Gasteiger partial charge in [-0.2, -0.15) is 0 Å². The van der Waals surface area contributed by atoms with Gasteiger partial charge >= 0.3 is 0 Å². The van der Waals surface area contributed by atoms with Gasteiger partial charge in [0.25, 0.3) is 0 Å². The topological polar surface area (TPSA) is 27.7 Å². The fourth-order valence-electron chi connectivity index (χ4n) is 1.40. The number of benzene rings is 1. The molecule has 0 N–H and O–H groups in total. The Labute approximate surface area is 102 Å². The Morgan fingerprint density at radius 2 is 1.65 bits per heavy atom. The summed E-state index contributed by atoms with van der Waals surface area (Å²) >= 11 is 0. The maximum atomic E-state index is 5.56. The molecule has 0 heterocycles. The van der Waals surface area contributed by atoms with E-state index in [0.717, 1.165) is 5.56 Å². The molecule has 0 bridgehead atoms. The first-order valence-corrected chi connectivity index (χ1v) is 5.39. The highest BCUT2D eigenvalue weighted by atomic mass is 16.5. The van der Waals surface area contributed by atoms with Crippen molar-refractivity contribution in [3.05, 3.63) is 43.0 Å². The van der Waals surface area contributed by atoms with E-state index in [1.54, 1.807) is 19.3 Å². The Morgan fingerprint density at radius 1 is 1.06 bits per heavy atom. The predicted molar refractivity (Wildman–Crippen MR) is 69.1 cm³/mol. The molecule has 0 spiro atoms. The Balaban J connectivity index is 3.07. The largest absolute Gasteiger partial charge is 0.493 e. The van der Waals surface area contributed by atoms with Crippen LogP contribution in [0.25, 0.3) is 0 Å². The van der Waals surface area contributed by atoms with E-state index in [2.05, 4.69) is 13.2 Å². The maximum absolute atomic E-state index is 5.56. The molecule has 0 saturated heterocycles. The van der Waals surface area contributed by atoms with E-state index in [-0.39, 0.29) is 0 Å². The van der Waals surface area contributed by atoms with Crippen molar-refractivity contribution in [2.45, 2.75) is 6.92 Å². The normalized spacial score (nSPS) is 9.53. The first-order valence-electron chi connectivity index (χ1n) is 5.39. The van der Waals surface area contributed by atoms with Crippen molar-refractivity contribution in [1.82, 2.24) is 0 Å². The van der Waals surface area contributed by atoms with Gasteiger partial charge in [0.05, 0.1) is 7.11 Å². The van der Waals surface area contributed by atoms with Crippen LogP contribution in [0.1, 0.15) is 5.56 Å². The molecule has 0 amide bonds. The van der Waals surface area contributed by atoms with E-state index in [1.165, 1.54) is 0 Å². The zero-order valence-electron chi connectivity index (χ0n) is 10.4. The van der Waals surface area contributed by atoms with Crippen LogP contribution >= 0.6 is 0 Å². The SMILES string of the molecule is C=CCOc1cc(C)cc(OC)c1OCC=C. The lowest BCUT2D eigenvalue weighted by molar-refractivity contribution is 0.289. The summed E-state index contributed by atoms with van der Waals surface area (Å²) in [5.41, 5.74) is 1.05. The molecule has 0 saturated carbocycles. The van der Waals surface area contributed by atoms with Crippen molar-refractivity contribution in [2.24, 2.45) is 0 Å². The Kier molecular flexibility index (Phi) is 5.14. The van der Waals surface area contributed by atoms with Crippen molar-refractivity contribution < 1.29 is 14.2 Å². The van der Waals surface area contributed by atoms with Crippen LogP contribution in [0.2, 0.25) is 0 Å². The maximum Gasteiger partial charge on any atom is 0.203 e. The van der Waals surface area contributed by atoms with Crippen molar-refractivity contribution in [3.63, 3.8) is 0 Å². The van der Waals surface area contributed by atoms with Gasteiger partial charge in [0.1, 0.15) is 13.2 Å². The van der Waals surface area contributed by atoms with E-state index < -0.39 is 0 Å². The smallest absolute Gasteiger partial charge is 0.203 e. The monoisotopic (exact) mass is 234 g/mol. The molecule has 3 nitrogen and oxygen atoms in total. The van der Waals surface area contributed by atoms with Crippen LogP contribution in [-0.2, 0) is 0 Å². The summed E-state index contributed by atoms with van der Waals surface area (Å²) in [6.45, 7) is 10.0. The molecule has 0 aliphatic rings. The number of rotatable bonds is 7. The summed E-state index contributed by atoms with van der Waals surface area (Å²) in [6, 6.07) is 3.81. The summed E-state index contributed by atoms with van der Waals surface area (Å²) in [7, 11) is 1.60. The van der Waals surface area contributed by atoms with Crippen LogP contribution in [0.15, 0.2) is 37.4 Å². The Hall–Kier alpha value is -1.90. The molecule has 3 heteroatoms. The first-order chi connectivity index (χ1) is 8.22. The van der Waals surface area contributed by atoms with E-state index in [0.29, 0.717) is 30.5 Å². The van der Waals surface area contributed by atoms with Crippen molar-refractivity contribution in [1.29, 1.82) is 0 Å². The van der Waals surface area contributed by atoms with E-state index in [1.807, 2.05) is 19.1 Å². The lowest BCUT2D eigenvalue weighted by Gasteiger charge is -2.15. The summed E-state index contributed by atoms with van der Waals surface area (Å²) < 4.78 is 16.4. The molecule has 0 fully saturated rings.